The highest BCUT2D eigenvalue weighted by atomic mass is 14.3. The number of allylic oxidation sites excluding steroid dienone is 2. The predicted octanol–water partition coefficient (Wildman–Crippen LogP) is 7.88. The van der Waals surface area contributed by atoms with Crippen LogP contribution in [0.25, 0.3) is 0 Å². The van der Waals surface area contributed by atoms with Gasteiger partial charge in [-0.3, -0.25) is 0 Å². The molecule has 1 aromatic carbocycles. The molecule has 0 heterocycles. The van der Waals surface area contributed by atoms with Crippen LogP contribution in [0.4, 0.5) is 0 Å². The molecule has 0 amide bonds. The summed E-state index contributed by atoms with van der Waals surface area (Å²) in [4.78, 5) is 0. The van der Waals surface area contributed by atoms with E-state index in [0.29, 0.717) is 0 Å². The van der Waals surface area contributed by atoms with Gasteiger partial charge in [0.1, 0.15) is 0 Å². The van der Waals surface area contributed by atoms with E-state index in [1.165, 1.54) is 76.2 Å². The van der Waals surface area contributed by atoms with Crippen molar-refractivity contribution in [2.45, 2.75) is 90.4 Å². The maximum atomic E-state index is 3.32. The third-order valence-corrected chi connectivity index (χ3v) is 7.06. The Morgan fingerprint density at radius 3 is 2.15 bits per heavy atom. The molecule has 0 saturated heterocycles. The standard InChI is InChI=1S/C27H38/c1-3-7-23-14-18-26(19-15-23)27-20-16-25(17-21-27)9-6-5-8-24-12-10-22(4-2)11-13-24/h5,8,16-17,20-24,26H,3-4,7,10-15,18-19H2,1-2H3/b8-5+. The summed E-state index contributed by atoms with van der Waals surface area (Å²) < 4.78 is 0. The van der Waals surface area contributed by atoms with Gasteiger partial charge in [-0.1, -0.05) is 63.2 Å². The Bertz CT molecular complexity index is 623. The Hall–Kier alpha value is -1.48. The molecule has 1 aromatic rings. The zero-order chi connectivity index (χ0) is 18.9. The number of benzene rings is 1. The number of hydrogen-bond donors (Lipinski definition) is 0. The fraction of sp³-hybridized carbons (Fsp3) is 0.630. The second kappa shape index (κ2) is 10.8. The van der Waals surface area contributed by atoms with Gasteiger partial charge in [-0.15, -0.1) is 0 Å². The Labute approximate surface area is 167 Å². The molecule has 0 aliphatic heterocycles. The second-order valence-electron chi connectivity index (χ2n) is 8.95. The van der Waals surface area contributed by atoms with Crippen LogP contribution >= 0.6 is 0 Å². The van der Waals surface area contributed by atoms with Crippen LogP contribution in [0.5, 0.6) is 0 Å². The van der Waals surface area contributed by atoms with Gasteiger partial charge >= 0.3 is 0 Å². The van der Waals surface area contributed by atoms with Crippen molar-refractivity contribution >= 4 is 0 Å². The normalized spacial score (nSPS) is 28.7. The van der Waals surface area contributed by atoms with Crippen molar-refractivity contribution in [2.75, 3.05) is 0 Å². The quantitative estimate of drug-likeness (QED) is 0.467. The topological polar surface area (TPSA) is 0 Å². The van der Waals surface area contributed by atoms with Crippen molar-refractivity contribution in [3.8, 4) is 11.8 Å². The first-order valence-electron chi connectivity index (χ1n) is 11.6. The van der Waals surface area contributed by atoms with Gasteiger partial charge in [0.05, 0.1) is 0 Å². The van der Waals surface area contributed by atoms with Crippen LogP contribution in [0.15, 0.2) is 36.4 Å². The predicted molar refractivity (Wildman–Crippen MR) is 118 cm³/mol. The van der Waals surface area contributed by atoms with E-state index >= 15 is 0 Å². The fourth-order valence-corrected chi connectivity index (χ4v) is 5.13. The third kappa shape index (κ3) is 6.27. The van der Waals surface area contributed by atoms with Crippen molar-refractivity contribution in [2.24, 2.45) is 17.8 Å². The van der Waals surface area contributed by atoms with E-state index in [4.69, 9.17) is 0 Å². The molecule has 0 aromatic heterocycles. The smallest absolute Gasteiger partial charge is 0.0249 e. The highest BCUT2D eigenvalue weighted by Crippen LogP contribution is 2.37. The minimum Gasteiger partial charge on any atom is -0.0730 e. The lowest BCUT2D eigenvalue weighted by Crippen LogP contribution is -2.13. The van der Waals surface area contributed by atoms with Gasteiger partial charge in [0.2, 0.25) is 0 Å². The first-order valence-corrected chi connectivity index (χ1v) is 11.6. The molecule has 0 spiro atoms. The SMILES string of the molecule is CCCC1CCC(c2ccc(C#C/C=C/C3CCC(CC)CC3)cc2)CC1. The van der Waals surface area contributed by atoms with Gasteiger partial charge in [-0.05, 0) is 98.8 Å². The molecule has 3 rings (SSSR count). The maximum Gasteiger partial charge on any atom is 0.0249 e. The molecular formula is C27H38. The van der Waals surface area contributed by atoms with Crippen LogP contribution in [0.1, 0.15) is 102 Å². The zero-order valence-corrected chi connectivity index (χ0v) is 17.6. The number of rotatable bonds is 5. The van der Waals surface area contributed by atoms with E-state index in [1.807, 2.05) is 0 Å². The van der Waals surface area contributed by atoms with Crippen molar-refractivity contribution < 1.29 is 0 Å². The van der Waals surface area contributed by atoms with Crippen LogP contribution in [-0.4, -0.2) is 0 Å². The molecule has 146 valence electrons. The molecule has 0 bridgehead atoms. The van der Waals surface area contributed by atoms with Gasteiger partial charge in [0, 0.05) is 5.56 Å². The zero-order valence-electron chi connectivity index (χ0n) is 17.6. The molecular weight excluding hydrogens is 324 g/mol. The Kier molecular flexibility index (Phi) is 8.07. The summed E-state index contributed by atoms with van der Waals surface area (Å²) in [5, 5.41) is 0. The monoisotopic (exact) mass is 362 g/mol. The van der Waals surface area contributed by atoms with Gasteiger partial charge < -0.3 is 0 Å². The lowest BCUT2D eigenvalue weighted by molar-refractivity contribution is 0.304. The Morgan fingerprint density at radius 2 is 1.52 bits per heavy atom. The van der Waals surface area contributed by atoms with Crippen molar-refractivity contribution in [3.05, 3.63) is 47.5 Å². The van der Waals surface area contributed by atoms with E-state index in [2.05, 4.69) is 62.1 Å². The van der Waals surface area contributed by atoms with Crippen LogP contribution < -0.4 is 0 Å². The van der Waals surface area contributed by atoms with Crippen LogP contribution in [-0.2, 0) is 0 Å². The molecule has 0 N–H and O–H groups in total. The van der Waals surface area contributed by atoms with Crippen molar-refractivity contribution in [3.63, 3.8) is 0 Å². The van der Waals surface area contributed by atoms with Gasteiger partial charge in [-0.2, -0.15) is 0 Å². The average molecular weight is 363 g/mol. The van der Waals surface area contributed by atoms with Crippen molar-refractivity contribution in [1.82, 2.24) is 0 Å². The van der Waals surface area contributed by atoms with E-state index in [0.717, 1.165) is 29.2 Å². The van der Waals surface area contributed by atoms with Crippen LogP contribution in [0, 0.1) is 29.6 Å². The van der Waals surface area contributed by atoms with E-state index in [-0.39, 0.29) is 0 Å². The maximum absolute atomic E-state index is 3.32. The lowest BCUT2D eigenvalue weighted by atomic mass is 9.77. The summed E-state index contributed by atoms with van der Waals surface area (Å²) in [7, 11) is 0. The lowest BCUT2D eigenvalue weighted by Gasteiger charge is -2.28. The minimum atomic E-state index is 0.757. The van der Waals surface area contributed by atoms with Gasteiger partial charge in [0.25, 0.3) is 0 Å². The fourth-order valence-electron chi connectivity index (χ4n) is 5.13. The van der Waals surface area contributed by atoms with E-state index in [9.17, 15) is 0 Å². The number of hydrogen-bond acceptors (Lipinski definition) is 0. The second-order valence-corrected chi connectivity index (χ2v) is 8.95. The van der Waals surface area contributed by atoms with E-state index < -0.39 is 0 Å². The first kappa shape index (κ1) is 20.3. The van der Waals surface area contributed by atoms with Crippen LogP contribution in [0.2, 0.25) is 0 Å². The summed E-state index contributed by atoms with van der Waals surface area (Å²) in [6.45, 7) is 4.65. The highest BCUT2D eigenvalue weighted by Gasteiger charge is 2.21. The third-order valence-electron chi connectivity index (χ3n) is 7.06. The molecule has 0 nitrogen and oxygen atoms in total. The average Bonchev–Trinajstić information content (AvgIpc) is 2.73. The molecule has 2 fully saturated rings. The summed E-state index contributed by atoms with van der Waals surface area (Å²) in [5.41, 5.74) is 2.68. The molecule has 0 heteroatoms. The summed E-state index contributed by atoms with van der Waals surface area (Å²) >= 11 is 0. The summed E-state index contributed by atoms with van der Waals surface area (Å²) in [6, 6.07) is 9.09. The molecule has 0 unspecified atom stereocenters. The molecule has 2 aliphatic rings. The van der Waals surface area contributed by atoms with Crippen LogP contribution in [0.3, 0.4) is 0 Å². The highest BCUT2D eigenvalue weighted by molar-refractivity contribution is 5.39. The molecule has 2 aliphatic carbocycles. The first-order chi connectivity index (χ1) is 13.3. The molecule has 2 saturated carbocycles. The Balaban J connectivity index is 1.46. The van der Waals surface area contributed by atoms with Gasteiger partial charge in [-0.25, -0.2) is 0 Å². The summed E-state index contributed by atoms with van der Waals surface area (Å²) in [5.74, 6) is 10.1. The van der Waals surface area contributed by atoms with E-state index in [1.54, 1.807) is 0 Å². The molecule has 0 atom stereocenters. The largest absolute Gasteiger partial charge is 0.0730 e. The summed E-state index contributed by atoms with van der Waals surface area (Å²) in [6.07, 6.45) is 19.7. The van der Waals surface area contributed by atoms with Crippen molar-refractivity contribution in [1.29, 1.82) is 0 Å². The Morgan fingerprint density at radius 1 is 0.852 bits per heavy atom. The molecule has 0 radical (unpaired) electrons. The van der Waals surface area contributed by atoms with Gasteiger partial charge in [0.15, 0.2) is 0 Å². The molecule has 27 heavy (non-hydrogen) atoms. The minimum absolute atomic E-state index is 0.757.